The van der Waals surface area contributed by atoms with Crippen molar-refractivity contribution in [1.82, 2.24) is 39.3 Å². The molecule has 0 saturated heterocycles. The van der Waals surface area contributed by atoms with Crippen LogP contribution in [-0.2, 0) is 21.1 Å². The van der Waals surface area contributed by atoms with Crippen molar-refractivity contribution in [3.8, 4) is 0 Å². The molecule has 6 aromatic rings. The second-order valence-corrected chi connectivity index (χ2v) is 10.8. The van der Waals surface area contributed by atoms with Gasteiger partial charge in [-0.1, -0.05) is 29.8 Å². The zero-order valence-corrected chi connectivity index (χ0v) is 27.1. The van der Waals surface area contributed by atoms with Crippen molar-refractivity contribution in [2.24, 2.45) is 31.3 Å². The first-order valence-corrected chi connectivity index (χ1v) is 14.2. The zero-order valence-electron chi connectivity index (χ0n) is 27.1. The predicted octanol–water partition coefficient (Wildman–Crippen LogP) is 6.75. The lowest BCUT2D eigenvalue weighted by Gasteiger charge is -1.92. The lowest BCUT2D eigenvalue weighted by atomic mass is 10.1. The normalized spacial score (nSPS) is 11.7. The summed E-state index contributed by atoms with van der Waals surface area (Å²) in [5.41, 5.74) is 9.74. The molecule has 0 saturated carbocycles. The molecule has 10 nitrogen and oxygen atoms in total. The molecule has 0 spiro atoms. The van der Waals surface area contributed by atoms with E-state index in [1.54, 1.807) is 19.6 Å². The van der Waals surface area contributed by atoms with Gasteiger partial charge in [0.05, 0.1) is 11.9 Å². The number of para-hydroxylation sites is 1. The maximum Gasteiger partial charge on any atom is 0.129 e. The first-order valence-electron chi connectivity index (χ1n) is 14.2. The second-order valence-electron chi connectivity index (χ2n) is 10.8. The van der Waals surface area contributed by atoms with E-state index in [2.05, 4.69) is 117 Å². The number of nitrogens with one attached hydrogen (secondary N) is 1. The summed E-state index contributed by atoms with van der Waals surface area (Å²) in [5, 5.41) is 25.4. The Morgan fingerprint density at radius 2 is 1.47 bits per heavy atom. The molecule has 0 atom stereocenters. The fraction of sp³-hybridized carbons (Fsp3) is 0.333. The average Bonchev–Trinajstić information content (AvgIpc) is 3.79. The van der Waals surface area contributed by atoms with Gasteiger partial charge in [-0.05, 0) is 77.8 Å². The van der Waals surface area contributed by atoms with Crippen LogP contribution in [-0.4, -0.2) is 50.7 Å². The number of fused-ring (bicyclic) bond motifs is 2. The lowest BCUT2D eigenvalue weighted by molar-refractivity contribution is 0.649. The van der Waals surface area contributed by atoms with Crippen LogP contribution in [0.25, 0.3) is 21.8 Å². The number of nitrogens with zero attached hydrogens (tertiary/aromatic N) is 9. The van der Waals surface area contributed by atoms with E-state index in [-0.39, 0.29) is 0 Å². The zero-order chi connectivity index (χ0) is 31.5. The van der Waals surface area contributed by atoms with Crippen LogP contribution in [0.3, 0.4) is 0 Å². The number of hydrogen-bond donors (Lipinski definition) is 1. The molecule has 1 N–H and O–H groups in total. The molecule has 1 aliphatic rings. The summed E-state index contributed by atoms with van der Waals surface area (Å²) >= 11 is 0. The summed E-state index contributed by atoms with van der Waals surface area (Å²) < 4.78 is 4.02. The minimum Gasteiger partial charge on any atom is -0.361 e. The van der Waals surface area contributed by atoms with Gasteiger partial charge in [-0.2, -0.15) is 25.2 Å². The molecule has 1 aliphatic heterocycles. The van der Waals surface area contributed by atoms with E-state index in [9.17, 15) is 0 Å². The molecule has 226 valence electrons. The van der Waals surface area contributed by atoms with Gasteiger partial charge in [-0.15, -0.1) is 10.2 Å². The molecular weight excluding hydrogens is 536 g/mol. The van der Waals surface area contributed by atoms with Gasteiger partial charge >= 0.3 is 0 Å². The summed E-state index contributed by atoms with van der Waals surface area (Å²) in [6, 6.07) is 14.9. The van der Waals surface area contributed by atoms with Gasteiger partial charge in [0, 0.05) is 73.2 Å². The van der Waals surface area contributed by atoms with Crippen LogP contribution < -0.4 is 0 Å². The molecule has 0 bridgehead atoms. The van der Waals surface area contributed by atoms with Gasteiger partial charge in [0.25, 0.3) is 0 Å². The van der Waals surface area contributed by atoms with Gasteiger partial charge in [0.15, 0.2) is 0 Å². The molecule has 0 unspecified atom stereocenters. The quantitative estimate of drug-likeness (QED) is 0.215. The molecule has 5 heterocycles. The van der Waals surface area contributed by atoms with E-state index < -0.39 is 0 Å². The third kappa shape index (κ3) is 9.88. The van der Waals surface area contributed by atoms with E-state index in [0.717, 1.165) is 29.4 Å². The predicted molar refractivity (Wildman–Crippen MR) is 178 cm³/mol. The highest BCUT2D eigenvalue weighted by atomic mass is 15.4. The molecular formula is C33H44N10. The molecule has 10 heteroatoms. The van der Waals surface area contributed by atoms with Crippen LogP contribution in [0, 0.1) is 34.6 Å². The van der Waals surface area contributed by atoms with Crippen molar-refractivity contribution in [2.75, 3.05) is 0 Å². The van der Waals surface area contributed by atoms with Crippen molar-refractivity contribution in [3.05, 3.63) is 95.6 Å². The van der Waals surface area contributed by atoms with Crippen LogP contribution in [0.4, 0.5) is 0 Å². The molecule has 0 radical (unpaired) electrons. The number of benzene rings is 2. The second kappa shape index (κ2) is 15.4. The van der Waals surface area contributed by atoms with Crippen molar-refractivity contribution in [3.63, 3.8) is 0 Å². The maximum atomic E-state index is 3.92. The van der Waals surface area contributed by atoms with Crippen LogP contribution in [0.15, 0.2) is 77.6 Å². The highest BCUT2D eigenvalue weighted by molar-refractivity contribution is 6.05. The summed E-state index contributed by atoms with van der Waals surface area (Å²) in [5.74, 6) is 0.944. The monoisotopic (exact) mass is 580 g/mol. The van der Waals surface area contributed by atoms with Gasteiger partial charge in [0.1, 0.15) is 12.2 Å². The Kier molecular flexibility index (Phi) is 11.7. The van der Waals surface area contributed by atoms with Crippen molar-refractivity contribution in [2.45, 2.75) is 54.9 Å². The summed E-state index contributed by atoms with van der Waals surface area (Å²) in [6.07, 6.45) is 8.57. The third-order valence-electron chi connectivity index (χ3n) is 6.70. The van der Waals surface area contributed by atoms with Gasteiger partial charge in [-0.25, -0.2) is 0 Å². The maximum absolute atomic E-state index is 3.92. The Bertz CT molecular complexity index is 1720. The molecule has 43 heavy (non-hydrogen) atoms. The van der Waals surface area contributed by atoms with Gasteiger partial charge in [-0.3, -0.25) is 0 Å². The molecule has 0 amide bonds. The van der Waals surface area contributed by atoms with E-state index in [1.165, 1.54) is 43.3 Å². The Hall–Kier alpha value is -4.86. The number of aromatic nitrogens is 8. The smallest absolute Gasteiger partial charge is 0.129 e. The summed E-state index contributed by atoms with van der Waals surface area (Å²) in [4.78, 5) is 4.75. The minimum atomic E-state index is 0.944. The standard InChI is InChI=1S/2C10H11N.C5H8N2.2C4H7N3/c1-7-3-4-10-9(5-7)8(2)6-11-10;1-8-7-11(2)10-6-4-3-5-9(8)10;1-4-3-5(2)7-6-4;1-4-6-5-3-7(4)2;1-4-3-5-7(2)6-4/h3-6,11H,1-2H3;3-7H,1-2H3;3H2,1-2H3;2*3H,1-2H3. The topological polar surface area (TPSA) is 107 Å². The highest BCUT2D eigenvalue weighted by Crippen LogP contribution is 2.19. The molecule has 7 rings (SSSR count). The molecule has 0 aliphatic carbocycles. The molecule has 0 fully saturated rings. The van der Waals surface area contributed by atoms with Crippen molar-refractivity contribution >= 4 is 33.2 Å². The van der Waals surface area contributed by atoms with Crippen LogP contribution in [0.2, 0.25) is 0 Å². The first-order chi connectivity index (χ1) is 20.4. The van der Waals surface area contributed by atoms with Crippen LogP contribution >= 0.6 is 0 Å². The summed E-state index contributed by atoms with van der Waals surface area (Å²) in [6.45, 7) is 14.2. The SMILES string of the molecule is CC1=NN=C(C)C1.Cc1ccc2[nH]cc(C)c2c1.Cc1cn(C)c2ccccc12.Cc1cnn(C)n1.Cc1nncn1C. The van der Waals surface area contributed by atoms with E-state index >= 15 is 0 Å². The Balaban J connectivity index is 0.000000150. The fourth-order valence-electron chi connectivity index (χ4n) is 4.32. The van der Waals surface area contributed by atoms with E-state index in [1.807, 2.05) is 45.5 Å². The van der Waals surface area contributed by atoms with E-state index in [4.69, 9.17) is 0 Å². The lowest BCUT2D eigenvalue weighted by Crippen LogP contribution is -1.90. The third-order valence-corrected chi connectivity index (χ3v) is 6.70. The average molecular weight is 581 g/mol. The van der Waals surface area contributed by atoms with Crippen LogP contribution in [0.5, 0.6) is 0 Å². The fourth-order valence-corrected chi connectivity index (χ4v) is 4.32. The number of hydrogen-bond acceptors (Lipinski definition) is 6. The Labute approximate surface area is 254 Å². The van der Waals surface area contributed by atoms with E-state index in [0.29, 0.717) is 0 Å². The van der Waals surface area contributed by atoms with Gasteiger partial charge < -0.3 is 14.1 Å². The first kappa shape index (κ1) is 32.7. The van der Waals surface area contributed by atoms with Crippen LogP contribution in [0.1, 0.15) is 48.5 Å². The Morgan fingerprint density at radius 1 is 0.767 bits per heavy atom. The van der Waals surface area contributed by atoms with Crippen molar-refractivity contribution in [1.29, 1.82) is 0 Å². The highest BCUT2D eigenvalue weighted by Gasteiger charge is 2.00. The summed E-state index contributed by atoms with van der Waals surface area (Å²) in [7, 11) is 5.79. The number of aromatic amines is 1. The molecule has 2 aromatic carbocycles. The van der Waals surface area contributed by atoms with Crippen molar-refractivity contribution < 1.29 is 0 Å². The number of aryl methyl sites for hydroxylation is 8. The largest absolute Gasteiger partial charge is 0.361 e. The number of rotatable bonds is 0. The molecule has 4 aromatic heterocycles. The Morgan fingerprint density at radius 3 is 1.93 bits per heavy atom. The number of H-pyrrole nitrogens is 1. The van der Waals surface area contributed by atoms with Gasteiger partial charge in [0.2, 0.25) is 0 Å². The minimum absolute atomic E-state index is 0.944.